The number of hydrogen-bond donors (Lipinski definition) is 1. The van der Waals surface area contributed by atoms with Gasteiger partial charge in [-0.1, -0.05) is 18.2 Å². The Morgan fingerprint density at radius 2 is 2.29 bits per heavy atom. The van der Waals surface area contributed by atoms with Crippen molar-refractivity contribution in [1.82, 2.24) is 0 Å². The third-order valence-corrected chi connectivity index (χ3v) is 1.82. The number of aliphatic carboxylic acids is 1. The second-order valence-electron chi connectivity index (χ2n) is 2.70. The molecular weight excluding hydrogens is 178 g/mol. The van der Waals surface area contributed by atoms with Crippen LogP contribution in [0.25, 0.3) is 5.57 Å². The van der Waals surface area contributed by atoms with Crippen molar-refractivity contribution >= 4 is 11.5 Å². The second kappa shape index (κ2) is 4.24. The van der Waals surface area contributed by atoms with E-state index in [2.05, 4.69) is 0 Å². The summed E-state index contributed by atoms with van der Waals surface area (Å²) in [5, 5.41) is 17.5. The molecule has 0 aliphatic heterocycles. The maximum absolute atomic E-state index is 10.8. The summed E-state index contributed by atoms with van der Waals surface area (Å²) < 4.78 is 0. The quantitative estimate of drug-likeness (QED) is 0.720. The summed E-state index contributed by atoms with van der Waals surface area (Å²) in [5.74, 6) is -0.984. The number of hydrogen-bond acceptors (Lipinski definition) is 2. The van der Waals surface area contributed by atoms with Crippen LogP contribution in [-0.2, 0) is 4.79 Å². The molecule has 1 aromatic rings. The molecular formula is C11H9NO2. The monoisotopic (exact) mass is 187 g/mol. The van der Waals surface area contributed by atoms with Gasteiger partial charge >= 0.3 is 5.97 Å². The van der Waals surface area contributed by atoms with Gasteiger partial charge in [-0.3, -0.25) is 0 Å². The summed E-state index contributed by atoms with van der Waals surface area (Å²) in [7, 11) is 0. The Kier molecular flexibility index (Phi) is 3.03. The van der Waals surface area contributed by atoms with Gasteiger partial charge in [0.1, 0.15) is 0 Å². The van der Waals surface area contributed by atoms with Crippen molar-refractivity contribution in [1.29, 1.82) is 5.26 Å². The van der Waals surface area contributed by atoms with Crippen molar-refractivity contribution in [3.05, 3.63) is 41.5 Å². The maximum atomic E-state index is 10.8. The van der Waals surface area contributed by atoms with E-state index in [1.165, 1.54) is 6.08 Å². The van der Waals surface area contributed by atoms with Crippen LogP contribution >= 0.6 is 0 Å². The third-order valence-electron chi connectivity index (χ3n) is 1.82. The summed E-state index contributed by atoms with van der Waals surface area (Å²) in [4.78, 5) is 10.8. The highest BCUT2D eigenvalue weighted by molar-refractivity contribution is 6.15. The molecule has 0 aromatic heterocycles. The summed E-state index contributed by atoms with van der Waals surface area (Å²) in [6.07, 6.45) is 1.51. The first-order valence-electron chi connectivity index (χ1n) is 4.09. The Bertz CT molecular complexity index is 427. The van der Waals surface area contributed by atoms with E-state index in [9.17, 15) is 4.79 Å². The van der Waals surface area contributed by atoms with E-state index in [1.807, 2.05) is 6.07 Å². The topological polar surface area (TPSA) is 61.1 Å². The zero-order valence-electron chi connectivity index (χ0n) is 7.69. The van der Waals surface area contributed by atoms with Gasteiger partial charge in [-0.2, -0.15) is 5.26 Å². The van der Waals surface area contributed by atoms with Crippen molar-refractivity contribution < 1.29 is 9.90 Å². The van der Waals surface area contributed by atoms with Gasteiger partial charge in [0.05, 0.1) is 17.2 Å². The van der Waals surface area contributed by atoms with Crippen LogP contribution in [0.5, 0.6) is 0 Å². The molecule has 0 aliphatic carbocycles. The molecule has 0 fully saturated rings. The lowest BCUT2D eigenvalue weighted by molar-refractivity contribution is -0.130. The average molecular weight is 187 g/mol. The molecule has 0 heterocycles. The summed E-state index contributed by atoms with van der Waals surface area (Å²) in [6.45, 7) is 1.66. The predicted molar refractivity (Wildman–Crippen MR) is 52.4 cm³/mol. The van der Waals surface area contributed by atoms with Crippen LogP contribution in [0, 0.1) is 11.3 Å². The van der Waals surface area contributed by atoms with Crippen LogP contribution in [0.3, 0.4) is 0 Å². The highest BCUT2D eigenvalue weighted by atomic mass is 16.4. The number of rotatable bonds is 2. The van der Waals surface area contributed by atoms with Crippen LogP contribution in [0.2, 0.25) is 0 Å². The third kappa shape index (κ3) is 1.99. The van der Waals surface area contributed by atoms with Crippen LogP contribution in [0.1, 0.15) is 18.1 Å². The first-order valence-corrected chi connectivity index (χ1v) is 4.09. The van der Waals surface area contributed by atoms with Crippen molar-refractivity contribution in [2.24, 2.45) is 0 Å². The second-order valence-corrected chi connectivity index (χ2v) is 2.70. The molecule has 0 unspecified atom stereocenters. The van der Waals surface area contributed by atoms with Crippen LogP contribution in [0.4, 0.5) is 0 Å². The molecule has 0 spiro atoms. The highest BCUT2D eigenvalue weighted by Gasteiger charge is 2.08. The van der Waals surface area contributed by atoms with Gasteiger partial charge in [-0.15, -0.1) is 0 Å². The smallest absolute Gasteiger partial charge is 0.335 e. The SMILES string of the molecule is CC=C(C(=O)O)c1cccc(C#N)c1. The Morgan fingerprint density at radius 3 is 2.79 bits per heavy atom. The fraction of sp³-hybridized carbons (Fsp3) is 0.0909. The molecule has 1 aromatic carbocycles. The molecule has 0 bridgehead atoms. The fourth-order valence-corrected chi connectivity index (χ4v) is 1.17. The summed E-state index contributed by atoms with van der Waals surface area (Å²) in [6, 6.07) is 8.50. The van der Waals surface area contributed by atoms with Gasteiger partial charge < -0.3 is 5.11 Å². The normalized spacial score (nSPS) is 10.7. The van der Waals surface area contributed by atoms with Gasteiger partial charge in [-0.25, -0.2) is 4.79 Å². The van der Waals surface area contributed by atoms with Crippen molar-refractivity contribution in [2.45, 2.75) is 6.92 Å². The molecule has 1 N–H and O–H groups in total. The van der Waals surface area contributed by atoms with Gasteiger partial charge in [0.2, 0.25) is 0 Å². The minimum absolute atomic E-state index is 0.210. The van der Waals surface area contributed by atoms with E-state index in [1.54, 1.807) is 31.2 Å². The molecule has 0 amide bonds. The molecule has 0 radical (unpaired) electrons. The highest BCUT2D eigenvalue weighted by Crippen LogP contribution is 2.15. The van der Waals surface area contributed by atoms with Crippen molar-refractivity contribution in [3.63, 3.8) is 0 Å². The van der Waals surface area contributed by atoms with E-state index in [4.69, 9.17) is 10.4 Å². The fourth-order valence-electron chi connectivity index (χ4n) is 1.17. The molecule has 1 rings (SSSR count). The molecule has 70 valence electrons. The summed E-state index contributed by atoms with van der Waals surface area (Å²) in [5.41, 5.74) is 1.23. The largest absolute Gasteiger partial charge is 0.478 e. The predicted octanol–water partition coefficient (Wildman–Crippen LogP) is 2.05. The number of carbonyl (C=O) groups is 1. The average Bonchev–Trinajstić information content (AvgIpc) is 2.19. The minimum atomic E-state index is -0.984. The van der Waals surface area contributed by atoms with Crippen molar-refractivity contribution in [3.8, 4) is 6.07 Å². The molecule has 0 aliphatic rings. The molecule has 0 atom stereocenters. The van der Waals surface area contributed by atoms with Crippen LogP contribution in [0.15, 0.2) is 30.3 Å². The standard InChI is InChI=1S/C11H9NO2/c1-2-10(11(13)14)9-5-3-4-8(6-9)7-12/h2-6H,1H3,(H,13,14). The minimum Gasteiger partial charge on any atom is -0.478 e. The van der Waals surface area contributed by atoms with Gasteiger partial charge in [0, 0.05) is 0 Å². The Morgan fingerprint density at radius 1 is 1.57 bits per heavy atom. The number of allylic oxidation sites excluding steroid dienone is 1. The zero-order chi connectivity index (χ0) is 10.6. The number of carboxylic acids is 1. The maximum Gasteiger partial charge on any atom is 0.335 e. The Hall–Kier alpha value is -2.08. The Labute approximate surface area is 81.9 Å². The molecule has 14 heavy (non-hydrogen) atoms. The van der Waals surface area contributed by atoms with Gasteiger partial charge in [0.15, 0.2) is 0 Å². The number of carboxylic acid groups (broad SMARTS) is 1. The van der Waals surface area contributed by atoms with Crippen LogP contribution < -0.4 is 0 Å². The number of nitrogens with zero attached hydrogens (tertiary/aromatic N) is 1. The first kappa shape index (κ1) is 10.0. The van der Waals surface area contributed by atoms with E-state index >= 15 is 0 Å². The van der Waals surface area contributed by atoms with E-state index in [0.717, 1.165) is 0 Å². The summed E-state index contributed by atoms with van der Waals surface area (Å²) >= 11 is 0. The first-order chi connectivity index (χ1) is 6.69. The molecule has 0 saturated heterocycles. The van der Waals surface area contributed by atoms with Gasteiger partial charge in [0.25, 0.3) is 0 Å². The molecule has 3 heteroatoms. The number of nitriles is 1. The lowest BCUT2D eigenvalue weighted by Gasteiger charge is -2.01. The molecule has 0 saturated carbocycles. The lowest BCUT2D eigenvalue weighted by atomic mass is 10.0. The number of benzene rings is 1. The lowest BCUT2D eigenvalue weighted by Crippen LogP contribution is -1.99. The Balaban J connectivity index is 3.20. The molecule has 3 nitrogen and oxygen atoms in total. The van der Waals surface area contributed by atoms with Gasteiger partial charge in [-0.05, 0) is 24.6 Å². The van der Waals surface area contributed by atoms with E-state index in [-0.39, 0.29) is 5.57 Å². The van der Waals surface area contributed by atoms with E-state index in [0.29, 0.717) is 11.1 Å². The van der Waals surface area contributed by atoms with E-state index < -0.39 is 5.97 Å². The zero-order valence-corrected chi connectivity index (χ0v) is 7.69. The van der Waals surface area contributed by atoms with Crippen molar-refractivity contribution in [2.75, 3.05) is 0 Å². The van der Waals surface area contributed by atoms with Crippen LogP contribution in [-0.4, -0.2) is 11.1 Å².